The third kappa shape index (κ3) is 3.76. The second-order valence-electron chi connectivity index (χ2n) is 3.44. The van der Waals surface area contributed by atoms with Gasteiger partial charge in [-0.05, 0) is 12.1 Å². The van der Waals surface area contributed by atoms with Crippen molar-refractivity contribution in [3.8, 4) is 0 Å². The molecule has 0 aromatic heterocycles. The van der Waals surface area contributed by atoms with Gasteiger partial charge >= 0.3 is 12.1 Å². The molecular weight excluding hydrogens is 251 g/mol. The van der Waals surface area contributed by atoms with Gasteiger partial charge in [0, 0.05) is 6.54 Å². The number of rotatable bonds is 4. The van der Waals surface area contributed by atoms with Crippen molar-refractivity contribution in [1.29, 1.82) is 0 Å². The Balaban J connectivity index is 2.83. The van der Waals surface area contributed by atoms with Gasteiger partial charge in [-0.2, -0.15) is 13.2 Å². The smallest absolute Gasteiger partial charge is 0.417 e. The zero-order valence-electron chi connectivity index (χ0n) is 9.12. The lowest BCUT2D eigenvalue weighted by Gasteiger charge is -2.12. The van der Waals surface area contributed by atoms with Crippen molar-refractivity contribution in [2.45, 2.75) is 12.6 Å². The summed E-state index contributed by atoms with van der Waals surface area (Å²) < 4.78 is 37.8. The van der Waals surface area contributed by atoms with E-state index in [4.69, 9.17) is 5.11 Å². The van der Waals surface area contributed by atoms with Crippen LogP contribution < -0.4 is 5.32 Å². The van der Waals surface area contributed by atoms with Gasteiger partial charge in [-0.25, -0.2) is 0 Å². The molecule has 0 saturated heterocycles. The van der Waals surface area contributed by atoms with E-state index in [0.717, 1.165) is 12.1 Å². The van der Waals surface area contributed by atoms with Crippen molar-refractivity contribution in [3.63, 3.8) is 0 Å². The van der Waals surface area contributed by atoms with Crippen molar-refractivity contribution < 1.29 is 27.9 Å². The summed E-state index contributed by atoms with van der Waals surface area (Å²) in [6, 6.07) is 4.32. The second-order valence-corrected chi connectivity index (χ2v) is 3.44. The van der Waals surface area contributed by atoms with E-state index < -0.39 is 29.2 Å². The number of carboxylic acids is 1. The lowest BCUT2D eigenvalue weighted by atomic mass is 10.1. The molecule has 2 N–H and O–H groups in total. The standard InChI is InChI=1S/C11H10F3NO3/c12-11(13,14)8-4-2-1-3-7(8)10(18)15-6-5-9(16)17/h1-4H,5-6H2,(H,15,18)(H,16,17). The SMILES string of the molecule is O=C(O)CCNC(=O)c1ccccc1C(F)(F)F. The highest BCUT2D eigenvalue weighted by Crippen LogP contribution is 2.31. The van der Waals surface area contributed by atoms with Crippen LogP contribution >= 0.6 is 0 Å². The first-order valence-electron chi connectivity index (χ1n) is 4.98. The number of carbonyl (C=O) groups excluding carboxylic acids is 1. The zero-order chi connectivity index (χ0) is 13.8. The highest BCUT2D eigenvalue weighted by atomic mass is 19.4. The molecule has 0 unspecified atom stereocenters. The molecule has 1 aromatic rings. The van der Waals surface area contributed by atoms with Crippen LogP contribution in [-0.2, 0) is 11.0 Å². The molecule has 0 aliphatic carbocycles. The van der Waals surface area contributed by atoms with E-state index in [9.17, 15) is 22.8 Å². The van der Waals surface area contributed by atoms with E-state index in [1.165, 1.54) is 12.1 Å². The van der Waals surface area contributed by atoms with Gasteiger partial charge in [0.1, 0.15) is 0 Å². The molecule has 0 bridgehead atoms. The Labute approximate surface area is 100 Å². The predicted octanol–water partition coefficient (Wildman–Crippen LogP) is 1.91. The maximum atomic E-state index is 12.6. The first-order chi connectivity index (χ1) is 8.32. The number of halogens is 3. The molecule has 0 saturated carbocycles. The molecule has 0 radical (unpaired) electrons. The van der Waals surface area contributed by atoms with Crippen LogP contribution in [0.25, 0.3) is 0 Å². The summed E-state index contributed by atoms with van der Waals surface area (Å²) in [5.41, 5.74) is -1.56. The molecule has 4 nitrogen and oxygen atoms in total. The summed E-state index contributed by atoms with van der Waals surface area (Å²) in [6.07, 6.45) is -4.97. The minimum atomic E-state index is -4.62. The van der Waals surface area contributed by atoms with Gasteiger partial charge in [-0.15, -0.1) is 0 Å². The number of hydrogen-bond acceptors (Lipinski definition) is 2. The van der Waals surface area contributed by atoms with Gasteiger partial charge < -0.3 is 10.4 Å². The van der Waals surface area contributed by atoms with Crippen molar-refractivity contribution in [2.75, 3.05) is 6.54 Å². The maximum Gasteiger partial charge on any atom is 0.417 e. The first-order valence-corrected chi connectivity index (χ1v) is 4.98. The summed E-state index contributed by atoms with van der Waals surface area (Å²) in [4.78, 5) is 21.7. The Bertz CT molecular complexity index is 457. The number of amides is 1. The normalized spacial score (nSPS) is 11.1. The topological polar surface area (TPSA) is 66.4 Å². The molecule has 0 spiro atoms. The summed E-state index contributed by atoms with van der Waals surface area (Å²) >= 11 is 0. The third-order valence-corrected chi connectivity index (χ3v) is 2.10. The van der Waals surface area contributed by atoms with Crippen LogP contribution in [0.4, 0.5) is 13.2 Å². The van der Waals surface area contributed by atoms with Crippen LogP contribution in [0.5, 0.6) is 0 Å². The lowest BCUT2D eigenvalue weighted by molar-refractivity contribution is -0.138. The summed E-state index contributed by atoms with van der Waals surface area (Å²) in [5.74, 6) is -2.08. The quantitative estimate of drug-likeness (QED) is 0.870. The molecule has 98 valence electrons. The van der Waals surface area contributed by atoms with E-state index in [1.807, 2.05) is 0 Å². The van der Waals surface area contributed by atoms with Gasteiger partial charge in [0.05, 0.1) is 17.5 Å². The summed E-state index contributed by atoms with van der Waals surface area (Å²) in [7, 11) is 0. The molecule has 1 aromatic carbocycles. The van der Waals surface area contributed by atoms with E-state index >= 15 is 0 Å². The number of carbonyl (C=O) groups is 2. The Morgan fingerprint density at radius 3 is 2.39 bits per heavy atom. The molecule has 18 heavy (non-hydrogen) atoms. The molecule has 0 atom stereocenters. The second kappa shape index (κ2) is 5.52. The Morgan fingerprint density at radius 2 is 1.83 bits per heavy atom. The number of hydrogen-bond donors (Lipinski definition) is 2. The summed E-state index contributed by atoms with van der Waals surface area (Å²) in [6.45, 7) is -0.222. The Hall–Kier alpha value is -2.05. The van der Waals surface area contributed by atoms with E-state index in [-0.39, 0.29) is 13.0 Å². The van der Waals surface area contributed by atoms with Gasteiger partial charge in [-0.1, -0.05) is 12.1 Å². The van der Waals surface area contributed by atoms with Gasteiger partial charge in [0.2, 0.25) is 0 Å². The van der Waals surface area contributed by atoms with E-state index in [0.29, 0.717) is 0 Å². The number of nitrogens with one attached hydrogen (secondary N) is 1. The van der Waals surface area contributed by atoms with E-state index in [1.54, 1.807) is 0 Å². The minimum Gasteiger partial charge on any atom is -0.481 e. The Morgan fingerprint density at radius 1 is 1.22 bits per heavy atom. The van der Waals surface area contributed by atoms with Crippen molar-refractivity contribution in [1.82, 2.24) is 5.32 Å². The highest BCUT2D eigenvalue weighted by Gasteiger charge is 2.34. The number of alkyl halides is 3. The third-order valence-electron chi connectivity index (χ3n) is 2.10. The fourth-order valence-electron chi connectivity index (χ4n) is 1.31. The van der Waals surface area contributed by atoms with Crippen molar-refractivity contribution in [3.05, 3.63) is 35.4 Å². The first kappa shape index (κ1) is 14.0. The molecule has 0 heterocycles. The minimum absolute atomic E-state index is 0.222. The molecule has 7 heteroatoms. The van der Waals surface area contributed by atoms with Crippen LogP contribution in [0.1, 0.15) is 22.3 Å². The number of aliphatic carboxylic acids is 1. The van der Waals surface area contributed by atoms with Crippen LogP contribution in [0, 0.1) is 0 Å². The molecule has 1 amide bonds. The summed E-state index contributed by atoms with van der Waals surface area (Å²) in [5, 5.41) is 10.5. The van der Waals surface area contributed by atoms with Gasteiger partial charge in [0.15, 0.2) is 0 Å². The number of benzene rings is 1. The molecule has 0 fully saturated rings. The Kier molecular flexibility index (Phi) is 4.30. The van der Waals surface area contributed by atoms with E-state index in [2.05, 4.69) is 5.32 Å². The van der Waals surface area contributed by atoms with Crippen LogP contribution in [-0.4, -0.2) is 23.5 Å². The zero-order valence-corrected chi connectivity index (χ0v) is 9.12. The largest absolute Gasteiger partial charge is 0.481 e. The van der Waals surface area contributed by atoms with Gasteiger partial charge in [-0.3, -0.25) is 9.59 Å². The molecule has 0 aliphatic heterocycles. The molecule has 1 rings (SSSR count). The maximum absolute atomic E-state index is 12.6. The van der Waals surface area contributed by atoms with Crippen molar-refractivity contribution >= 4 is 11.9 Å². The van der Waals surface area contributed by atoms with Crippen molar-refractivity contribution in [2.24, 2.45) is 0 Å². The highest BCUT2D eigenvalue weighted by molar-refractivity contribution is 5.96. The molecule has 0 aliphatic rings. The number of carboxylic acid groups (broad SMARTS) is 1. The van der Waals surface area contributed by atoms with Crippen LogP contribution in [0.3, 0.4) is 0 Å². The lowest BCUT2D eigenvalue weighted by Crippen LogP contribution is -2.28. The predicted molar refractivity (Wildman–Crippen MR) is 56.0 cm³/mol. The van der Waals surface area contributed by atoms with Crippen LogP contribution in [0.15, 0.2) is 24.3 Å². The fourth-order valence-corrected chi connectivity index (χ4v) is 1.31. The van der Waals surface area contributed by atoms with Crippen LogP contribution in [0.2, 0.25) is 0 Å². The average molecular weight is 261 g/mol. The fraction of sp³-hybridized carbons (Fsp3) is 0.273. The average Bonchev–Trinajstić information content (AvgIpc) is 2.27. The van der Waals surface area contributed by atoms with Gasteiger partial charge in [0.25, 0.3) is 5.91 Å². The monoisotopic (exact) mass is 261 g/mol. The molecular formula is C11H10F3NO3.